The fraction of sp³-hybridized carbons (Fsp3) is 0.0625. The molecule has 4 rings (SSSR count). The fourth-order valence-corrected chi connectivity index (χ4v) is 3.82. The SMILES string of the molecule is Cc1csc(NC(=O)c2csc3nc(-c4ccc(F)cc4)cn23)n1. The van der Waals surface area contributed by atoms with E-state index >= 15 is 0 Å². The second-order valence-corrected chi connectivity index (χ2v) is 6.85. The van der Waals surface area contributed by atoms with Crippen molar-refractivity contribution < 1.29 is 9.18 Å². The van der Waals surface area contributed by atoms with Crippen LogP contribution in [0, 0.1) is 12.7 Å². The molecule has 0 atom stereocenters. The van der Waals surface area contributed by atoms with Gasteiger partial charge in [0.25, 0.3) is 5.91 Å². The van der Waals surface area contributed by atoms with E-state index in [9.17, 15) is 9.18 Å². The number of fused-ring (bicyclic) bond motifs is 1. The number of carbonyl (C=O) groups is 1. The number of carbonyl (C=O) groups excluding carboxylic acids is 1. The summed E-state index contributed by atoms with van der Waals surface area (Å²) in [7, 11) is 0. The van der Waals surface area contributed by atoms with Gasteiger partial charge in [-0.15, -0.1) is 22.7 Å². The van der Waals surface area contributed by atoms with E-state index in [2.05, 4.69) is 15.3 Å². The number of anilines is 1. The van der Waals surface area contributed by atoms with Crippen LogP contribution in [0.4, 0.5) is 9.52 Å². The van der Waals surface area contributed by atoms with E-state index in [0.717, 1.165) is 11.3 Å². The Labute approximate surface area is 144 Å². The van der Waals surface area contributed by atoms with Crippen molar-refractivity contribution in [1.29, 1.82) is 0 Å². The van der Waals surface area contributed by atoms with Crippen LogP contribution in [0.25, 0.3) is 16.2 Å². The third kappa shape index (κ3) is 2.70. The van der Waals surface area contributed by atoms with Crippen LogP contribution in [0.1, 0.15) is 16.2 Å². The van der Waals surface area contributed by atoms with Gasteiger partial charge in [-0.05, 0) is 31.2 Å². The molecule has 120 valence electrons. The number of thiazole rings is 2. The largest absolute Gasteiger partial charge is 0.297 e. The molecule has 8 heteroatoms. The lowest BCUT2D eigenvalue weighted by atomic mass is 10.2. The molecule has 24 heavy (non-hydrogen) atoms. The average molecular weight is 358 g/mol. The molecule has 0 fully saturated rings. The Morgan fingerprint density at radius 3 is 2.67 bits per heavy atom. The molecule has 1 aromatic carbocycles. The highest BCUT2D eigenvalue weighted by Crippen LogP contribution is 2.25. The van der Waals surface area contributed by atoms with Crippen LogP contribution in [-0.2, 0) is 0 Å². The number of hydrogen-bond acceptors (Lipinski definition) is 5. The molecule has 1 N–H and O–H groups in total. The first kappa shape index (κ1) is 15.0. The standard InChI is InChI=1S/C16H11FN4OS2/c1-9-7-23-15(18-9)20-14(22)13-8-24-16-19-12(6-21(13)16)10-2-4-11(17)5-3-10/h2-8H,1H3,(H,18,20,22). The summed E-state index contributed by atoms with van der Waals surface area (Å²) in [5.74, 6) is -0.530. The molecule has 4 aromatic rings. The predicted molar refractivity (Wildman–Crippen MR) is 93.3 cm³/mol. The lowest BCUT2D eigenvalue weighted by molar-refractivity contribution is 0.102. The second kappa shape index (κ2) is 5.81. The van der Waals surface area contributed by atoms with E-state index < -0.39 is 0 Å². The van der Waals surface area contributed by atoms with E-state index in [1.165, 1.54) is 34.8 Å². The smallest absolute Gasteiger partial charge is 0.275 e. The number of amides is 1. The molecule has 0 spiro atoms. The number of nitrogens with zero attached hydrogens (tertiary/aromatic N) is 3. The minimum atomic E-state index is -0.293. The Hall–Kier alpha value is -2.58. The number of nitrogens with one attached hydrogen (secondary N) is 1. The Bertz CT molecular complexity index is 1030. The van der Waals surface area contributed by atoms with Crippen molar-refractivity contribution in [3.05, 3.63) is 58.4 Å². The number of aromatic nitrogens is 3. The zero-order chi connectivity index (χ0) is 16.7. The highest BCUT2D eigenvalue weighted by molar-refractivity contribution is 7.15. The van der Waals surface area contributed by atoms with Crippen LogP contribution in [0.2, 0.25) is 0 Å². The molecule has 0 aliphatic rings. The summed E-state index contributed by atoms with van der Waals surface area (Å²) in [5.41, 5.74) is 2.85. The van der Waals surface area contributed by atoms with Crippen molar-refractivity contribution in [2.24, 2.45) is 0 Å². The van der Waals surface area contributed by atoms with Crippen molar-refractivity contribution in [1.82, 2.24) is 14.4 Å². The summed E-state index contributed by atoms with van der Waals surface area (Å²) in [5, 5.41) is 6.99. The predicted octanol–water partition coefficient (Wildman–Crippen LogP) is 4.22. The Morgan fingerprint density at radius 1 is 1.17 bits per heavy atom. The van der Waals surface area contributed by atoms with Gasteiger partial charge in [0.1, 0.15) is 11.5 Å². The van der Waals surface area contributed by atoms with Crippen LogP contribution in [0.15, 0.2) is 41.2 Å². The van der Waals surface area contributed by atoms with Crippen LogP contribution >= 0.6 is 22.7 Å². The zero-order valence-electron chi connectivity index (χ0n) is 12.5. The summed E-state index contributed by atoms with van der Waals surface area (Å²) in [4.78, 5) is 21.9. The van der Waals surface area contributed by atoms with E-state index in [4.69, 9.17) is 0 Å². The van der Waals surface area contributed by atoms with Gasteiger partial charge in [-0.2, -0.15) is 0 Å². The summed E-state index contributed by atoms with van der Waals surface area (Å²) >= 11 is 2.76. The molecule has 0 unspecified atom stereocenters. The van der Waals surface area contributed by atoms with Crippen molar-refractivity contribution in [2.45, 2.75) is 6.92 Å². The third-order valence-corrected chi connectivity index (χ3v) is 5.14. The molecule has 3 aromatic heterocycles. The van der Waals surface area contributed by atoms with Crippen LogP contribution in [-0.4, -0.2) is 20.3 Å². The van der Waals surface area contributed by atoms with Gasteiger partial charge in [0.15, 0.2) is 10.1 Å². The summed E-state index contributed by atoms with van der Waals surface area (Å²) in [6.07, 6.45) is 1.78. The van der Waals surface area contributed by atoms with Crippen LogP contribution < -0.4 is 5.32 Å². The average Bonchev–Trinajstić information content (AvgIpc) is 3.23. The molecule has 5 nitrogen and oxygen atoms in total. The molecule has 0 aliphatic carbocycles. The van der Waals surface area contributed by atoms with Crippen molar-refractivity contribution in [3.63, 3.8) is 0 Å². The number of benzene rings is 1. The highest BCUT2D eigenvalue weighted by atomic mass is 32.1. The first-order chi connectivity index (χ1) is 11.6. The second-order valence-electron chi connectivity index (χ2n) is 5.15. The summed E-state index contributed by atoms with van der Waals surface area (Å²) in [6.45, 7) is 1.87. The topological polar surface area (TPSA) is 59.3 Å². The van der Waals surface area contributed by atoms with Gasteiger partial charge in [0, 0.05) is 22.5 Å². The number of imidazole rings is 1. The first-order valence-corrected chi connectivity index (χ1v) is 8.82. The zero-order valence-corrected chi connectivity index (χ0v) is 14.1. The molecule has 0 radical (unpaired) electrons. The molecule has 0 aliphatic heterocycles. The molecule has 3 heterocycles. The van der Waals surface area contributed by atoms with Crippen LogP contribution in [0.5, 0.6) is 0 Å². The van der Waals surface area contributed by atoms with Crippen molar-refractivity contribution >= 4 is 38.7 Å². The molecule has 0 saturated heterocycles. The van der Waals surface area contributed by atoms with Gasteiger partial charge in [0.05, 0.1) is 11.4 Å². The fourth-order valence-electron chi connectivity index (χ4n) is 2.28. The number of halogens is 1. The number of aryl methyl sites for hydroxylation is 1. The normalized spacial score (nSPS) is 11.1. The molecule has 0 bridgehead atoms. The van der Waals surface area contributed by atoms with Gasteiger partial charge in [-0.3, -0.25) is 14.5 Å². The molecular formula is C16H11FN4OS2. The van der Waals surface area contributed by atoms with E-state index in [-0.39, 0.29) is 11.7 Å². The maximum atomic E-state index is 13.0. The number of rotatable bonds is 3. The van der Waals surface area contributed by atoms with Gasteiger partial charge >= 0.3 is 0 Å². The van der Waals surface area contributed by atoms with Crippen LogP contribution in [0.3, 0.4) is 0 Å². The van der Waals surface area contributed by atoms with Gasteiger partial charge in [-0.1, -0.05) is 0 Å². The highest BCUT2D eigenvalue weighted by Gasteiger charge is 2.16. The lowest BCUT2D eigenvalue weighted by Gasteiger charge is -2.00. The molecule has 1 amide bonds. The van der Waals surface area contributed by atoms with E-state index in [1.807, 2.05) is 12.3 Å². The maximum Gasteiger partial charge on any atom is 0.275 e. The minimum Gasteiger partial charge on any atom is -0.297 e. The molecular weight excluding hydrogens is 347 g/mol. The van der Waals surface area contributed by atoms with Crippen molar-refractivity contribution in [3.8, 4) is 11.3 Å². The molecule has 0 saturated carbocycles. The minimum absolute atomic E-state index is 0.237. The Balaban J connectivity index is 1.66. The first-order valence-electron chi connectivity index (χ1n) is 7.06. The third-order valence-electron chi connectivity index (χ3n) is 3.42. The van der Waals surface area contributed by atoms with Gasteiger partial charge in [0.2, 0.25) is 0 Å². The quantitative estimate of drug-likeness (QED) is 0.596. The summed E-state index contributed by atoms with van der Waals surface area (Å²) in [6, 6.07) is 6.11. The van der Waals surface area contributed by atoms with E-state index in [0.29, 0.717) is 21.5 Å². The monoisotopic (exact) mass is 358 g/mol. The lowest BCUT2D eigenvalue weighted by Crippen LogP contribution is -2.13. The Morgan fingerprint density at radius 2 is 1.96 bits per heavy atom. The van der Waals surface area contributed by atoms with Crippen molar-refractivity contribution in [2.75, 3.05) is 5.32 Å². The van der Waals surface area contributed by atoms with E-state index in [1.54, 1.807) is 28.1 Å². The number of hydrogen-bond donors (Lipinski definition) is 1. The van der Waals surface area contributed by atoms with Gasteiger partial charge < -0.3 is 0 Å². The van der Waals surface area contributed by atoms with Gasteiger partial charge in [-0.25, -0.2) is 14.4 Å². The summed E-state index contributed by atoms with van der Waals surface area (Å²) < 4.78 is 14.8. The maximum absolute atomic E-state index is 13.0. The Kier molecular flexibility index (Phi) is 3.62.